The molecule has 1 fully saturated rings. The first-order chi connectivity index (χ1) is 9.19. The number of rotatable bonds is 5. The molecule has 0 aromatic carbocycles. The number of nitrogens with zero attached hydrogens (tertiary/aromatic N) is 4. The summed E-state index contributed by atoms with van der Waals surface area (Å²) in [7, 11) is 0. The van der Waals surface area contributed by atoms with Gasteiger partial charge in [-0.2, -0.15) is 0 Å². The van der Waals surface area contributed by atoms with Gasteiger partial charge < -0.3 is 10.4 Å². The number of aliphatic carboxylic acids is 1. The molecule has 0 unspecified atom stereocenters. The minimum absolute atomic E-state index is 0.139. The minimum atomic E-state index is -0.741. The van der Waals surface area contributed by atoms with Gasteiger partial charge in [0.2, 0.25) is 5.65 Å². The van der Waals surface area contributed by atoms with Crippen LogP contribution in [0, 0.1) is 5.41 Å². The van der Waals surface area contributed by atoms with Crippen molar-refractivity contribution >= 4 is 17.4 Å². The first-order valence-electron chi connectivity index (χ1n) is 6.29. The van der Waals surface area contributed by atoms with Crippen molar-refractivity contribution in [3.63, 3.8) is 0 Å². The van der Waals surface area contributed by atoms with Gasteiger partial charge in [0.15, 0.2) is 5.82 Å². The number of carboxylic acid groups (broad SMARTS) is 1. The summed E-state index contributed by atoms with van der Waals surface area (Å²) < 4.78 is 1.78. The standard InChI is InChI=1S/C12H15N5O2/c18-9(19)6-12(2-1-3-12)7-14-10-11-16-15-8-17(11)5-4-13-10/h4-5,8H,1-3,6-7H2,(H,13,14)(H,18,19). The second-order valence-corrected chi connectivity index (χ2v) is 5.12. The Kier molecular flexibility index (Phi) is 2.81. The predicted octanol–water partition coefficient (Wildman–Crippen LogP) is 1.18. The quantitative estimate of drug-likeness (QED) is 0.839. The number of aromatic nitrogens is 4. The maximum absolute atomic E-state index is 10.9. The second kappa shape index (κ2) is 4.49. The van der Waals surface area contributed by atoms with E-state index < -0.39 is 5.97 Å². The van der Waals surface area contributed by atoms with Gasteiger partial charge in [-0.05, 0) is 18.3 Å². The number of anilines is 1. The van der Waals surface area contributed by atoms with Crippen LogP contribution in [0.15, 0.2) is 18.7 Å². The van der Waals surface area contributed by atoms with Crippen LogP contribution in [0.3, 0.4) is 0 Å². The molecule has 0 saturated heterocycles. The topological polar surface area (TPSA) is 92.4 Å². The van der Waals surface area contributed by atoms with E-state index in [1.807, 2.05) is 0 Å². The molecule has 0 bridgehead atoms. The highest BCUT2D eigenvalue weighted by atomic mass is 16.4. The fourth-order valence-corrected chi connectivity index (χ4v) is 2.57. The zero-order valence-corrected chi connectivity index (χ0v) is 10.4. The van der Waals surface area contributed by atoms with E-state index in [2.05, 4.69) is 20.5 Å². The van der Waals surface area contributed by atoms with E-state index in [9.17, 15) is 4.79 Å². The van der Waals surface area contributed by atoms with Crippen molar-refractivity contribution in [2.45, 2.75) is 25.7 Å². The molecular weight excluding hydrogens is 246 g/mol. The molecule has 0 aliphatic heterocycles. The van der Waals surface area contributed by atoms with E-state index in [4.69, 9.17) is 5.11 Å². The summed E-state index contributed by atoms with van der Waals surface area (Å²) in [4.78, 5) is 15.2. The van der Waals surface area contributed by atoms with Crippen molar-refractivity contribution in [2.75, 3.05) is 11.9 Å². The van der Waals surface area contributed by atoms with E-state index in [0.29, 0.717) is 18.0 Å². The zero-order valence-electron chi connectivity index (χ0n) is 10.4. The average molecular weight is 261 g/mol. The molecule has 0 radical (unpaired) electrons. The first-order valence-corrected chi connectivity index (χ1v) is 6.29. The van der Waals surface area contributed by atoms with Crippen LogP contribution in [-0.4, -0.2) is 37.2 Å². The summed E-state index contributed by atoms with van der Waals surface area (Å²) in [6.45, 7) is 0.610. The number of carbonyl (C=O) groups is 1. The minimum Gasteiger partial charge on any atom is -0.481 e. The second-order valence-electron chi connectivity index (χ2n) is 5.12. The van der Waals surface area contributed by atoms with Crippen LogP contribution in [0.1, 0.15) is 25.7 Å². The Balaban J connectivity index is 1.75. The summed E-state index contributed by atoms with van der Waals surface area (Å²) in [5.41, 5.74) is 0.521. The molecule has 3 rings (SSSR count). The number of carboxylic acids is 1. The van der Waals surface area contributed by atoms with Crippen LogP contribution < -0.4 is 5.32 Å². The number of nitrogens with one attached hydrogen (secondary N) is 1. The van der Waals surface area contributed by atoms with Crippen LogP contribution in [0.5, 0.6) is 0 Å². The van der Waals surface area contributed by atoms with Crippen molar-refractivity contribution in [3.8, 4) is 0 Å². The van der Waals surface area contributed by atoms with Gasteiger partial charge in [0, 0.05) is 18.9 Å². The van der Waals surface area contributed by atoms with E-state index in [-0.39, 0.29) is 11.8 Å². The SMILES string of the molecule is O=C(O)CC1(CNc2nccn3cnnc23)CCC1. The van der Waals surface area contributed by atoms with Gasteiger partial charge in [0.05, 0.1) is 6.42 Å². The largest absolute Gasteiger partial charge is 0.481 e. The monoisotopic (exact) mass is 261 g/mol. The van der Waals surface area contributed by atoms with E-state index in [1.165, 1.54) is 0 Å². The zero-order chi connectivity index (χ0) is 13.3. The number of fused-ring (bicyclic) bond motifs is 1. The third-order valence-electron chi connectivity index (χ3n) is 3.79. The molecule has 0 amide bonds. The van der Waals surface area contributed by atoms with Crippen LogP contribution in [0.2, 0.25) is 0 Å². The molecule has 7 nitrogen and oxygen atoms in total. The summed E-state index contributed by atoms with van der Waals surface area (Å²) in [6.07, 6.45) is 8.25. The van der Waals surface area contributed by atoms with Crippen molar-refractivity contribution in [3.05, 3.63) is 18.7 Å². The molecule has 2 heterocycles. The van der Waals surface area contributed by atoms with Gasteiger partial charge in [0.25, 0.3) is 0 Å². The molecule has 1 aliphatic rings. The Morgan fingerprint density at radius 1 is 1.53 bits per heavy atom. The fourth-order valence-electron chi connectivity index (χ4n) is 2.57. The molecule has 0 atom stereocenters. The summed E-state index contributed by atoms with van der Waals surface area (Å²) in [6, 6.07) is 0. The molecule has 1 aliphatic carbocycles. The van der Waals surface area contributed by atoms with Crippen molar-refractivity contribution in [2.24, 2.45) is 5.41 Å². The molecule has 2 aromatic rings. The molecule has 100 valence electrons. The predicted molar refractivity (Wildman–Crippen MR) is 67.8 cm³/mol. The van der Waals surface area contributed by atoms with Crippen molar-refractivity contribution < 1.29 is 9.90 Å². The van der Waals surface area contributed by atoms with Crippen molar-refractivity contribution in [1.82, 2.24) is 19.6 Å². The van der Waals surface area contributed by atoms with Gasteiger partial charge >= 0.3 is 5.97 Å². The molecule has 19 heavy (non-hydrogen) atoms. The Hall–Kier alpha value is -2.18. The van der Waals surface area contributed by atoms with Crippen LogP contribution in [0.4, 0.5) is 5.82 Å². The van der Waals surface area contributed by atoms with Crippen LogP contribution in [-0.2, 0) is 4.79 Å². The Morgan fingerprint density at radius 2 is 2.37 bits per heavy atom. The normalized spacial score (nSPS) is 17.1. The molecule has 1 saturated carbocycles. The number of hydrogen-bond donors (Lipinski definition) is 2. The third kappa shape index (κ3) is 2.23. The maximum atomic E-state index is 10.9. The van der Waals surface area contributed by atoms with E-state index >= 15 is 0 Å². The summed E-state index contributed by atoms with van der Waals surface area (Å²) in [5, 5.41) is 20.0. The van der Waals surface area contributed by atoms with Gasteiger partial charge in [-0.1, -0.05) is 6.42 Å². The average Bonchev–Trinajstić information content (AvgIpc) is 2.80. The Bertz CT molecular complexity index is 605. The summed E-state index contributed by atoms with van der Waals surface area (Å²) >= 11 is 0. The van der Waals surface area contributed by atoms with E-state index in [0.717, 1.165) is 19.3 Å². The number of hydrogen-bond acceptors (Lipinski definition) is 5. The van der Waals surface area contributed by atoms with Gasteiger partial charge in [-0.15, -0.1) is 10.2 Å². The molecule has 2 aromatic heterocycles. The van der Waals surface area contributed by atoms with Crippen LogP contribution >= 0.6 is 0 Å². The lowest BCUT2D eigenvalue weighted by Gasteiger charge is -2.40. The lowest BCUT2D eigenvalue weighted by molar-refractivity contribution is -0.141. The van der Waals surface area contributed by atoms with Gasteiger partial charge in [-0.3, -0.25) is 9.20 Å². The van der Waals surface area contributed by atoms with E-state index in [1.54, 1.807) is 23.1 Å². The third-order valence-corrected chi connectivity index (χ3v) is 3.79. The van der Waals surface area contributed by atoms with Crippen LogP contribution in [0.25, 0.3) is 5.65 Å². The lowest BCUT2D eigenvalue weighted by atomic mass is 9.66. The highest BCUT2D eigenvalue weighted by molar-refractivity contribution is 5.68. The Labute approximate surface area is 109 Å². The highest BCUT2D eigenvalue weighted by Crippen LogP contribution is 2.44. The molecule has 0 spiro atoms. The maximum Gasteiger partial charge on any atom is 0.303 e. The lowest BCUT2D eigenvalue weighted by Crippen LogP contribution is -2.38. The smallest absolute Gasteiger partial charge is 0.303 e. The molecular formula is C12H15N5O2. The first kappa shape index (κ1) is 11.9. The highest BCUT2D eigenvalue weighted by Gasteiger charge is 2.39. The molecule has 2 N–H and O–H groups in total. The Morgan fingerprint density at radius 3 is 3.05 bits per heavy atom. The van der Waals surface area contributed by atoms with Crippen molar-refractivity contribution in [1.29, 1.82) is 0 Å². The summed E-state index contributed by atoms with van der Waals surface area (Å²) in [5.74, 6) is -0.0909. The van der Waals surface area contributed by atoms with Gasteiger partial charge in [-0.25, -0.2) is 4.98 Å². The fraction of sp³-hybridized carbons (Fsp3) is 0.500. The van der Waals surface area contributed by atoms with Gasteiger partial charge in [0.1, 0.15) is 6.33 Å². The molecule has 7 heteroatoms.